The Morgan fingerprint density at radius 3 is 2.78 bits per heavy atom. The molecule has 0 radical (unpaired) electrons. The molecule has 4 nitrogen and oxygen atoms in total. The molecule has 134 valence electrons. The normalized spacial score (nSPS) is 10.9. The molecule has 0 saturated carbocycles. The van der Waals surface area contributed by atoms with E-state index in [0.29, 0.717) is 5.69 Å². The van der Waals surface area contributed by atoms with Gasteiger partial charge in [0, 0.05) is 23.6 Å². The van der Waals surface area contributed by atoms with E-state index in [1.54, 1.807) is 12.1 Å². The third-order valence-electron chi connectivity index (χ3n) is 4.22. The minimum absolute atomic E-state index is 0.0689. The summed E-state index contributed by atoms with van der Waals surface area (Å²) < 4.78 is 15.9. The van der Waals surface area contributed by atoms with Crippen molar-refractivity contribution >= 4 is 28.8 Å². The predicted molar refractivity (Wildman–Crippen MR) is 105 cm³/mol. The molecule has 0 spiro atoms. The number of nitrogens with one attached hydrogen (secondary N) is 1. The minimum atomic E-state index is -0.660. The highest BCUT2D eigenvalue weighted by atomic mass is 35.5. The number of hydrogen-bond donors (Lipinski definition) is 1. The van der Waals surface area contributed by atoms with Crippen molar-refractivity contribution in [3.8, 4) is 11.3 Å². The molecule has 27 heavy (non-hydrogen) atoms. The first kappa shape index (κ1) is 17.2. The number of rotatable bonds is 3. The van der Waals surface area contributed by atoms with E-state index in [4.69, 9.17) is 11.6 Å². The van der Waals surface area contributed by atoms with Crippen LogP contribution in [0.1, 0.15) is 15.9 Å². The SMILES string of the molecule is Cc1ccn2cc(-c3cccc(NC(=O)c4c(F)cccc4Cl)c3)nc2c1. The van der Waals surface area contributed by atoms with Gasteiger partial charge in [0.2, 0.25) is 0 Å². The lowest BCUT2D eigenvalue weighted by Gasteiger charge is -2.08. The zero-order valence-electron chi connectivity index (χ0n) is 14.4. The molecular formula is C21H15ClFN3O. The van der Waals surface area contributed by atoms with Gasteiger partial charge < -0.3 is 9.72 Å². The second kappa shape index (κ2) is 6.85. The Hall–Kier alpha value is -3.18. The number of imidazole rings is 1. The molecule has 0 aliphatic heterocycles. The lowest BCUT2D eigenvalue weighted by atomic mass is 10.1. The summed E-state index contributed by atoms with van der Waals surface area (Å²) in [6, 6.07) is 15.4. The van der Waals surface area contributed by atoms with Gasteiger partial charge >= 0.3 is 0 Å². The average molecular weight is 380 g/mol. The summed E-state index contributed by atoms with van der Waals surface area (Å²) in [6.45, 7) is 2.01. The van der Waals surface area contributed by atoms with E-state index in [1.165, 1.54) is 18.2 Å². The van der Waals surface area contributed by atoms with Crippen molar-refractivity contribution in [1.82, 2.24) is 9.38 Å². The van der Waals surface area contributed by atoms with Gasteiger partial charge in [-0.1, -0.05) is 29.8 Å². The predicted octanol–water partition coefficient (Wildman–Crippen LogP) is 5.35. The fourth-order valence-corrected chi connectivity index (χ4v) is 3.14. The first-order valence-corrected chi connectivity index (χ1v) is 8.70. The van der Waals surface area contributed by atoms with E-state index < -0.39 is 11.7 Å². The van der Waals surface area contributed by atoms with Crippen LogP contribution in [-0.4, -0.2) is 15.3 Å². The van der Waals surface area contributed by atoms with Crippen molar-refractivity contribution in [3.63, 3.8) is 0 Å². The molecule has 1 N–H and O–H groups in total. The van der Waals surface area contributed by atoms with Crippen LogP contribution < -0.4 is 5.32 Å². The van der Waals surface area contributed by atoms with E-state index in [9.17, 15) is 9.18 Å². The number of fused-ring (bicyclic) bond motifs is 1. The van der Waals surface area contributed by atoms with Crippen molar-refractivity contribution in [2.24, 2.45) is 0 Å². The zero-order chi connectivity index (χ0) is 19.0. The van der Waals surface area contributed by atoms with Crippen LogP contribution >= 0.6 is 11.6 Å². The molecule has 0 saturated heterocycles. The Morgan fingerprint density at radius 1 is 1.15 bits per heavy atom. The smallest absolute Gasteiger partial charge is 0.260 e. The number of benzene rings is 2. The molecule has 2 aromatic heterocycles. The fraction of sp³-hybridized carbons (Fsp3) is 0.0476. The highest BCUT2D eigenvalue weighted by Gasteiger charge is 2.16. The lowest BCUT2D eigenvalue weighted by molar-refractivity contribution is 0.102. The fourth-order valence-electron chi connectivity index (χ4n) is 2.89. The average Bonchev–Trinajstić information content (AvgIpc) is 3.05. The van der Waals surface area contributed by atoms with Crippen molar-refractivity contribution in [2.45, 2.75) is 6.92 Å². The number of halogens is 2. The first-order chi connectivity index (χ1) is 13.0. The molecule has 1 amide bonds. The minimum Gasteiger partial charge on any atom is -0.322 e. The molecule has 4 aromatic rings. The number of anilines is 1. The van der Waals surface area contributed by atoms with Gasteiger partial charge in [-0.15, -0.1) is 0 Å². The van der Waals surface area contributed by atoms with Crippen molar-refractivity contribution < 1.29 is 9.18 Å². The lowest BCUT2D eigenvalue weighted by Crippen LogP contribution is -2.14. The Labute approximate surface area is 160 Å². The maximum absolute atomic E-state index is 13.9. The van der Waals surface area contributed by atoms with E-state index in [1.807, 2.05) is 48.0 Å². The van der Waals surface area contributed by atoms with Gasteiger partial charge in [0.25, 0.3) is 5.91 Å². The van der Waals surface area contributed by atoms with Crippen LogP contribution in [0, 0.1) is 12.7 Å². The van der Waals surface area contributed by atoms with Gasteiger partial charge in [-0.2, -0.15) is 0 Å². The number of carbonyl (C=O) groups excluding carboxylic acids is 1. The third kappa shape index (κ3) is 3.41. The van der Waals surface area contributed by atoms with Crippen molar-refractivity contribution in [3.05, 3.63) is 89.0 Å². The number of aromatic nitrogens is 2. The zero-order valence-corrected chi connectivity index (χ0v) is 15.2. The van der Waals surface area contributed by atoms with Gasteiger partial charge in [-0.3, -0.25) is 4.79 Å². The van der Waals surface area contributed by atoms with Crippen LogP contribution in [0.2, 0.25) is 5.02 Å². The highest BCUT2D eigenvalue weighted by molar-refractivity contribution is 6.34. The molecule has 2 aromatic carbocycles. The monoisotopic (exact) mass is 379 g/mol. The highest BCUT2D eigenvalue weighted by Crippen LogP contribution is 2.25. The van der Waals surface area contributed by atoms with Crippen LogP contribution in [0.3, 0.4) is 0 Å². The van der Waals surface area contributed by atoms with Gasteiger partial charge in [-0.05, 0) is 48.9 Å². The summed E-state index contributed by atoms with van der Waals surface area (Å²) in [4.78, 5) is 17.0. The first-order valence-electron chi connectivity index (χ1n) is 8.32. The van der Waals surface area contributed by atoms with Gasteiger partial charge in [0.15, 0.2) is 0 Å². The molecule has 0 atom stereocenters. The van der Waals surface area contributed by atoms with Crippen molar-refractivity contribution in [2.75, 3.05) is 5.32 Å². The van der Waals surface area contributed by atoms with Crippen LogP contribution in [0.4, 0.5) is 10.1 Å². The summed E-state index contributed by atoms with van der Waals surface area (Å²) in [5.74, 6) is -1.26. The number of hydrogen-bond acceptors (Lipinski definition) is 2. The van der Waals surface area contributed by atoms with Crippen molar-refractivity contribution in [1.29, 1.82) is 0 Å². The quantitative estimate of drug-likeness (QED) is 0.521. The molecule has 0 unspecified atom stereocenters. The summed E-state index contributed by atoms with van der Waals surface area (Å²) >= 11 is 5.96. The Morgan fingerprint density at radius 2 is 1.96 bits per heavy atom. The number of carbonyl (C=O) groups is 1. The van der Waals surface area contributed by atoms with Crippen LogP contribution in [-0.2, 0) is 0 Å². The maximum Gasteiger partial charge on any atom is 0.260 e. The van der Waals surface area contributed by atoms with E-state index in [0.717, 1.165) is 22.5 Å². The number of nitrogens with zero attached hydrogens (tertiary/aromatic N) is 2. The van der Waals surface area contributed by atoms with E-state index >= 15 is 0 Å². The Balaban J connectivity index is 1.65. The largest absolute Gasteiger partial charge is 0.322 e. The summed E-state index contributed by atoms with van der Waals surface area (Å²) in [7, 11) is 0. The van der Waals surface area contributed by atoms with E-state index in [2.05, 4.69) is 10.3 Å². The Kier molecular flexibility index (Phi) is 4.38. The number of amides is 1. The molecule has 0 aliphatic carbocycles. The summed E-state index contributed by atoms with van der Waals surface area (Å²) in [5, 5.41) is 2.76. The molecule has 2 heterocycles. The van der Waals surface area contributed by atoms with Crippen LogP contribution in [0.25, 0.3) is 16.9 Å². The van der Waals surface area contributed by atoms with Gasteiger partial charge in [0.05, 0.1) is 16.3 Å². The molecule has 4 rings (SSSR count). The summed E-state index contributed by atoms with van der Waals surface area (Å²) in [6.07, 6.45) is 3.87. The van der Waals surface area contributed by atoms with Gasteiger partial charge in [0.1, 0.15) is 11.5 Å². The third-order valence-corrected chi connectivity index (χ3v) is 4.54. The number of aryl methyl sites for hydroxylation is 1. The molecule has 0 fully saturated rings. The molecule has 6 heteroatoms. The summed E-state index contributed by atoms with van der Waals surface area (Å²) in [5.41, 5.74) is 3.95. The second-order valence-corrected chi connectivity index (χ2v) is 6.63. The van der Waals surface area contributed by atoms with Gasteiger partial charge in [-0.25, -0.2) is 9.37 Å². The topological polar surface area (TPSA) is 46.4 Å². The van der Waals surface area contributed by atoms with Crippen LogP contribution in [0.15, 0.2) is 67.0 Å². The second-order valence-electron chi connectivity index (χ2n) is 6.23. The van der Waals surface area contributed by atoms with E-state index in [-0.39, 0.29) is 10.6 Å². The number of pyridine rings is 1. The molecule has 0 bridgehead atoms. The molecular weight excluding hydrogens is 365 g/mol. The molecule has 0 aliphatic rings. The Bertz CT molecular complexity index is 1150. The maximum atomic E-state index is 13.9. The van der Waals surface area contributed by atoms with Crippen LogP contribution in [0.5, 0.6) is 0 Å². The standard InChI is InChI=1S/C21H15ClFN3O/c1-13-8-9-26-12-18(25-19(26)10-13)14-4-2-5-15(11-14)24-21(27)20-16(22)6-3-7-17(20)23/h2-12H,1H3,(H,24,27).